The minimum Gasteiger partial charge on any atom is -0.349 e. The lowest BCUT2D eigenvalue weighted by Crippen LogP contribution is -2.44. The van der Waals surface area contributed by atoms with E-state index in [0.29, 0.717) is 6.04 Å². The molecule has 1 aliphatic carbocycles. The molecule has 122 valence electrons. The van der Waals surface area contributed by atoms with Gasteiger partial charge in [-0.05, 0) is 56.6 Å². The first-order valence-electron chi connectivity index (χ1n) is 8.79. The fourth-order valence-corrected chi connectivity index (χ4v) is 4.99. The zero-order valence-corrected chi connectivity index (χ0v) is 14.7. The summed E-state index contributed by atoms with van der Waals surface area (Å²) in [6.07, 6.45) is 6.86. The van der Waals surface area contributed by atoms with Gasteiger partial charge in [-0.2, -0.15) is 0 Å². The Kier molecular flexibility index (Phi) is 5.19. The minimum absolute atomic E-state index is 0.168. The highest BCUT2D eigenvalue weighted by Crippen LogP contribution is 2.32. The van der Waals surface area contributed by atoms with Gasteiger partial charge >= 0.3 is 0 Å². The summed E-state index contributed by atoms with van der Waals surface area (Å²) < 4.78 is 0. The molecule has 2 aliphatic rings. The Morgan fingerprint density at radius 3 is 2.86 bits per heavy atom. The SMILES string of the molecule is CCCN1CCC(NC(=O)c2csc3c2CC[C@H](C)C3)CC1. The van der Waals surface area contributed by atoms with Crippen molar-refractivity contribution < 1.29 is 4.79 Å². The molecule has 1 aromatic heterocycles. The minimum atomic E-state index is 0.168. The molecule has 1 saturated heterocycles. The Labute approximate surface area is 138 Å². The Hall–Kier alpha value is -0.870. The van der Waals surface area contributed by atoms with Gasteiger partial charge in [-0.1, -0.05) is 13.8 Å². The third-order valence-electron chi connectivity index (χ3n) is 5.11. The van der Waals surface area contributed by atoms with E-state index in [9.17, 15) is 4.79 Å². The number of hydrogen-bond donors (Lipinski definition) is 1. The van der Waals surface area contributed by atoms with Crippen LogP contribution in [-0.4, -0.2) is 36.5 Å². The van der Waals surface area contributed by atoms with Crippen LogP contribution in [0, 0.1) is 5.92 Å². The van der Waals surface area contributed by atoms with Crippen molar-refractivity contribution in [1.29, 1.82) is 0 Å². The summed E-state index contributed by atoms with van der Waals surface area (Å²) in [5.74, 6) is 0.936. The molecule has 1 aromatic rings. The van der Waals surface area contributed by atoms with E-state index in [1.54, 1.807) is 11.3 Å². The Bertz CT molecular complexity index is 517. The zero-order chi connectivity index (χ0) is 15.5. The van der Waals surface area contributed by atoms with Crippen LogP contribution in [-0.2, 0) is 12.8 Å². The summed E-state index contributed by atoms with van der Waals surface area (Å²) in [4.78, 5) is 16.6. The van der Waals surface area contributed by atoms with Gasteiger partial charge in [-0.15, -0.1) is 11.3 Å². The summed E-state index contributed by atoms with van der Waals surface area (Å²) >= 11 is 1.78. The second-order valence-corrected chi connectivity index (χ2v) is 7.95. The predicted octanol–water partition coefficient (Wildman–Crippen LogP) is 3.48. The van der Waals surface area contributed by atoms with Crippen LogP contribution in [0.2, 0.25) is 0 Å². The van der Waals surface area contributed by atoms with E-state index in [-0.39, 0.29) is 5.91 Å². The molecular formula is C18H28N2OS. The lowest BCUT2D eigenvalue weighted by Gasteiger charge is -2.32. The van der Waals surface area contributed by atoms with Gasteiger partial charge in [-0.3, -0.25) is 4.79 Å². The van der Waals surface area contributed by atoms with Crippen molar-refractivity contribution in [1.82, 2.24) is 10.2 Å². The maximum absolute atomic E-state index is 12.6. The highest BCUT2D eigenvalue weighted by molar-refractivity contribution is 7.10. The van der Waals surface area contributed by atoms with E-state index in [2.05, 4.69) is 29.4 Å². The normalized spacial score (nSPS) is 23.3. The van der Waals surface area contributed by atoms with Crippen LogP contribution in [0.1, 0.15) is 60.3 Å². The van der Waals surface area contributed by atoms with Crippen LogP contribution in [0.25, 0.3) is 0 Å². The van der Waals surface area contributed by atoms with Crippen molar-refractivity contribution in [3.8, 4) is 0 Å². The fourth-order valence-electron chi connectivity index (χ4n) is 3.75. The average molecular weight is 321 g/mol. The van der Waals surface area contributed by atoms with Crippen molar-refractivity contribution in [3.05, 3.63) is 21.4 Å². The third-order valence-corrected chi connectivity index (χ3v) is 6.16. The number of hydrogen-bond acceptors (Lipinski definition) is 3. The van der Waals surface area contributed by atoms with Crippen LogP contribution in [0.4, 0.5) is 0 Å². The molecule has 3 nitrogen and oxygen atoms in total. The number of fused-ring (bicyclic) bond motifs is 1. The number of carbonyl (C=O) groups excluding carboxylic acids is 1. The van der Waals surface area contributed by atoms with Crippen molar-refractivity contribution in [2.75, 3.05) is 19.6 Å². The molecule has 0 bridgehead atoms. The summed E-state index contributed by atoms with van der Waals surface area (Å²) in [7, 11) is 0. The molecule has 0 saturated carbocycles. The van der Waals surface area contributed by atoms with E-state index >= 15 is 0 Å². The van der Waals surface area contributed by atoms with Gasteiger partial charge in [0.2, 0.25) is 0 Å². The quantitative estimate of drug-likeness (QED) is 0.921. The van der Waals surface area contributed by atoms with E-state index in [1.165, 1.54) is 29.8 Å². The first kappa shape index (κ1) is 16.0. The molecule has 0 aromatic carbocycles. The van der Waals surface area contributed by atoms with Crippen LogP contribution >= 0.6 is 11.3 Å². The summed E-state index contributed by atoms with van der Waals surface area (Å²) in [5, 5.41) is 5.37. The van der Waals surface area contributed by atoms with Crippen molar-refractivity contribution in [2.24, 2.45) is 5.92 Å². The molecule has 2 heterocycles. The monoisotopic (exact) mass is 320 g/mol. The van der Waals surface area contributed by atoms with E-state index in [0.717, 1.165) is 50.3 Å². The first-order valence-corrected chi connectivity index (χ1v) is 9.67. The number of likely N-dealkylation sites (tertiary alicyclic amines) is 1. The molecule has 1 N–H and O–H groups in total. The van der Waals surface area contributed by atoms with Gasteiger partial charge in [0.1, 0.15) is 0 Å². The van der Waals surface area contributed by atoms with Gasteiger partial charge in [-0.25, -0.2) is 0 Å². The third kappa shape index (κ3) is 3.54. The van der Waals surface area contributed by atoms with E-state index < -0.39 is 0 Å². The Morgan fingerprint density at radius 2 is 2.14 bits per heavy atom. The largest absolute Gasteiger partial charge is 0.349 e. The smallest absolute Gasteiger partial charge is 0.252 e. The standard InChI is InChI=1S/C18H28N2OS/c1-3-8-20-9-6-14(7-10-20)19-18(21)16-12-22-17-11-13(2)4-5-15(16)17/h12-14H,3-11H2,1-2H3,(H,19,21)/t13-/m0/s1. The van der Waals surface area contributed by atoms with Crippen LogP contribution in [0.3, 0.4) is 0 Å². The first-order chi connectivity index (χ1) is 10.7. The van der Waals surface area contributed by atoms with Crippen molar-refractivity contribution in [2.45, 2.75) is 58.4 Å². The van der Waals surface area contributed by atoms with Crippen molar-refractivity contribution in [3.63, 3.8) is 0 Å². The van der Waals surface area contributed by atoms with Crippen LogP contribution in [0.5, 0.6) is 0 Å². The molecular weight excluding hydrogens is 292 g/mol. The molecule has 0 unspecified atom stereocenters. The highest BCUT2D eigenvalue weighted by Gasteiger charge is 2.25. The molecule has 0 spiro atoms. The van der Waals surface area contributed by atoms with E-state index in [4.69, 9.17) is 0 Å². The number of amides is 1. The van der Waals surface area contributed by atoms with Crippen molar-refractivity contribution >= 4 is 17.2 Å². The van der Waals surface area contributed by atoms with Gasteiger partial charge < -0.3 is 10.2 Å². The van der Waals surface area contributed by atoms with Crippen LogP contribution in [0.15, 0.2) is 5.38 Å². The van der Waals surface area contributed by atoms with E-state index in [1.807, 2.05) is 0 Å². The zero-order valence-electron chi connectivity index (χ0n) is 13.9. The second kappa shape index (κ2) is 7.14. The summed E-state index contributed by atoms with van der Waals surface area (Å²) in [6.45, 7) is 7.98. The molecule has 1 fully saturated rings. The van der Waals surface area contributed by atoms with Gasteiger partial charge in [0.05, 0.1) is 5.56 Å². The molecule has 3 rings (SSSR count). The Balaban J connectivity index is 1.57. The second-order valence-electron chi connectivity index (χ2n) is 6.99. The lowest BCUT2D eigenvalue weighted by atomic mass is 9.88. The number of nitrogens with one attached hydrogen (secondary N) is 1. The maximum atomic E-state index is 12.6. The van der Waals surface area contributed by atoms with Crippen LogP contribution < -0.4 is 5.32 Å². The summed E-state index contributed by atoms with van der Waals surface area (Å²) in [6, 6.07) is 0.360. The number of piperidine rings is 1. The number of rotatable bonds is 4. The maximum Gasteiger partial charge on any atom is 0.252 e. The lowest BCUT2D eigenvalue weighted by molar-refractivity contribution is 0.0910. The summed E-state index contributed by atoms with van der Waals surface area (Å²) in [5.41, 5.74) is 2.30. The predicted molar refractivity (Wildman–Crippen MR) is 92.7 cm³/mol. The molecule has 1 aliphatic heterocycles. The molecule has 1 atom stereocenters. The molecule has 4 heteroatoms. The van der Waals surface area contributed by atoms with Gasteiger partial charge in [0.25, 0.3) is 5.91 Å². The van der Waals surface area contributed by atoms with Gasteiger partial charge in [0.15, 0.2) is 0 Å². The number of thiophene rings is 1. The number of carbonyl (C=O) groups is 1. The molecule has 1 amide bonds. The topological polar surface area (TPSA) is 32.3 Å². The number of nitrogens with zero attached hydrogens (tertiary/aromatic N) is 1. The Morgan fingerprint density at radius 1 is 1.36 bits per heavy atom. The average Bonchev–Trinajstić information content (AvgIpc) is 2.92. The molecule has 22 heavy (non-hydrogen) atoms. The van der Waals surface area contributed by atoms with Gasteiger partial charge in [0, 0.05) is 29.4 Å². The fraction of sp³-hybridized carbons (Fsp3) is 0.722. The highest BCUT2D eigenvalue weighted by atomic mass is 32.1. The molecule has 0 radical (unpaired) electrons.